The van der Waals surface area contributed by atoms with Crippen LogP contribution >= 0.6 is 0 Å². The van der Waals surface area contributed by atoms with Crippen LogP contribution in [0.4, 0.5) is 11.4 Å². The summed E-state index contributed by atoms with van der Waals surface area (Å²) >= 11 is 0. The maximum absolute atomic E-state index is 6.18. The van der Waals surface area contributed by atoms with Crippen molar-refractivity contribution in [3.63, 3.8) is 0 Å². The number of anilines is 1. The molecule has 0 unspecified atom stereocenters. The Morgan fingerprint density at radius 2 is 0.782 bits per heavy atom. The molecule has 0 heterocycles. The maximum Gasteiger partial charge on any atom is 0.231 e. The number of guanidine groups is 2. The number of para-hydroxylation sites is 2. The second-order valence-electron chi connectivity index (χ2n) is 19.2. The Hall–Kier alpha value is -2.82. The van der Waals surface area contributed by atoms with Gasteiger partial charge in [0.1, 0.15) is 0 Å². The van der Waals surface area contributed by atoms with E-state index in [4.69, 9.17) is 9.98 Å². The van der Waals surface area contributed by atoms with Gasteiger partial charge in [0, 0.05) is 29.9 Å². The van der Waals surface area contributed by atoms with Crippen molar-refractivity contribution in [3.8, 4) is 0 Å². The van der Waals surface area contributed by atoms with Gasteiger partial charge in [-0.15, -0.1) is 0 Å². The molecule has 5 heteroatoms. The topological polar surface area (TPSA) is 43.2 Å². The lowest BCUT2D eigenvalue weighted by atomic mass is 9.87. The third-order valence-corrected chi connectivity index (χ3v) is 13.7. The predicted molar refractivity (Wildman–Crippen MR) is 239 cm³/mol. The number of nitrogens with zero attached hydrogens (tertiary/aromatic N) is 4. The summed E-state index contributed by atoms with van der Waals surface area (Å²) in [7, 11) is 0. The van der Waals surface area contributed by atoms with Crippen molar-refractivity contribution in [2.75, 3.05) is 5.32 Å². The molecule has 0 amide bonds. The molecular weight excluding hydrogens is 671 g/mol. The molecule has 2 aromatic carbocycles. The number of nitrogens with one attached hydrogen (secondary N) is 1. The van der Waals surface area contributed by atoms with Crippen molar-refractivity contribution in [1.82, 2.24) is 9.80 Å². The summed E-state index contributed by atoms with van der Waals surface area (Å²) in [5, 5.41) is 4.12. The second-order valence-corrected chi connectivity index (χ2v) is 19.2. The molecule has 0 spiro atoms. The lowest BCUT2D eigenvalue weighted by molar-refractivity contribution is 0.0931. The van der Waals surface area contributed by atoms with Crippen LogP contribution in [0.1, 0.15) is 230 Å². The number of hydrogen-bond acceptors (Lipinski definition) is 1. The molecule has 0 aromatic heterocycles. The highest BCUT2D eigenvalue weighted by atomic mass is 15.4. The van der Waals surface area contributed by atoms with E-state index in [1.165, 1.54) is 162 Å². The normalized spacial score (nSPS) is 20.1. The van der Waals surface area contributed by atoms with Crippen LogP contribution < -0.4 is 5.32 Å². The highest BCUT2D eigenvalue weighted by molar-refractivity contribution is 6.04. The van der Waals surface area contributed by atoms with Gasteiger partial charge in [-0.2, -0.15) is 4.99 Å². The fourth-order valence-electron chi connectivity index (χ4n) is 10.7. The first kappa shape index (κ1) is 41.8. The molecule has 4 aliphatic rings. The Balaban J connectivity index is 1.65. The molecule has 2 aromatic rings. The van der Waals surface area contributed by atoms with Crippen LogP contribution in [-0.4, -0.2) is 45.9 Å². The Labute approximate surface area is 337 Å². The zero-order valence-electron chi connectivity index (χ0n) is 36.5. The quantitative estimate of drug-likeness (QED) is 0.194. The SMILES string of the molecule is CC(C)c1cccc(C(C)C)c1/N=C(\N=C(N(C1CCCCC1)C1CCCCC1)N(C1CCCCC1)C1CCCCC1)Nc1c(C(C)C)cccc1C(C)C. The van der Waals surface area contributed by atoms with Gasteiger partial charge in [0.2, 0.25) is 11.9 Å². The van der Waals surface area contributed by atoms with Crippen molar-refractivity contribution in [2.45, 2.75) is 232 Å². The van der Waals surface area contributed by atoms with Gasteiger partial charge in [-0.1, -0.05) is 169 Å². The van der Waals surface area contributed by atoms with Gasteiger partial charge in [-0.3, -0.25) is 0 Å². The lowest BCUT2D eigenvalue weighted by Crippen LogP contribution is -2.60. The number of benzene rings is 2. The average Bonchev–Trinajstić information content (AvgIpc) is 3.19. The van der Waals surface area contributed by atoms with E-state index in [1.807, 2.05) is 0 Å². The fraction of sp³-hybridized carbons (Fsp3) is 0.720. The molecule has 5 nitrogen and oxygen atoms in total. The number of aliphatic imine (C=N–C) groups is 2. The molecule has 55 heavy (non-hydrogen) atoms. The van der Waals surface area contributed by atoms with E-state index in [0.29, 0.717) is 47.8 Å². The van der Waals surface area contributed by atoms with Crippen molar-refractivity contribution >= 4 is 23.3 Å². The van der Waals surface area contributed by atoms with Crippen molar-refractivity contribution in [2.24, 2.45) is 9.98 Å². The van der Waals surface area contributed by atoms with Crippen LogP contribution in [0.2, 0.25) is 0 Å². The van der Waals surface area contributed by atoms with Gasteiger partial charge in [0.05, 0.1) is 5.69 Å². The largest absolute Gasteiger partial charge is 0.336 e. The molecule has 1 N–H and O–H groups in total. The smallest absolute Gasteiger partial charge is 0.231 e. The third kappa shape index (κ3) is 10.4. The summed E-state index contributed by atoms with van der Waals surface area (Å²) < 4.78 is 0. The summed E-state index contributed by atoms with van der Waals surface area (Å²) in [6, 6.07) is 16.0. The molecule has 4 saturated carbocycles. The Kier molecular flexibility index (Phi) is 15.2. The molecule has 4 fully saturated rings. The van der Waals surface area contributed by atoms with Crippen molar-refractivity contribution in [1.29, 1.82) is 0 Å². The van der Waals surface area contributed by atoms with Crippen LogP contribution in [0.3, 0.4) is 0 Å². The van der Waals surface area contributed by atoms with Crippen LogP contribution in [0.15, 0.2) is 46.4 Å². The molecule has 6 rings (SSSR count). The van der Waals surface area contributed by atoms with Crippen LogP contribution in [0.25, 0.3) is 0 Å². The van der Waals surface area contributed by atoms with E-state index >= 15 is 0 Å². The molecular formula is C50H79N5. The van der Waals surface area contributed by atoms with Crippen LogP contribution in [0.5, 0.6) is 0 Å². The fourth-order valence-corrected chi connectivity index (χ4v) is 10.7. The second kappa shape index (κ2) is 20.0. The summed E-state index contributed by atoms with van der Waals surface area (Å²) in [5.41, 5.74) is 7.67. The Morgan fingerprint density at radius 1 is 0.473 bits per heavy atom. The number of hydrogen-bond donors (Lipinski definition) is 1. The van der Waals surface area contributed by atoms with E-state index < -0.39 is 0 Å². The molecule has 0 atom stereocenters. The number of rotatable bonds is 10. The van der Waals surface area contributed by atoms with E-state index in [9.17, 15) is 0 Å². The monoisotopic (exact) mass is 750 g/mol. The standard InChI is InChI=1S/C50H79N5/c1-35(2)43-31-21-32-44(36(3)4)47(43)51-49(52-48-45(37(5)6)33-22-34-46(48)38(7)8)53-50(54(39-23-13-9-14-24-39)40-25-15-10-16-26-40)55(41-27-17-11-18-28-41)42-29-19-12-20-30-42/h21-22,31-42H,9-20,23-30H2,1-8H3,(H,51,52). The Morgan fingerprint density at radius 3 is 1.09 bits per heavy atom. The molecule has 0 saturated heterocycles. The maximum atomic E-state index is 6.18. The molecule has 4 aliphatic carbocycles. The van der Waals surface area contributed by atoms with Crippen LogP contribution in [-0.2, 0) is 0 Å². The summed E-state index contributed by atoms with van der Waals surface area (Å²) in [5.74, 6) is 3.54. The zero-order chi connectivity index (χ0) is 38.9. The van der Waals surface area contributed by atoms with Gasteiger partial charge in [0.15, 0.2) is 0 Å². The summed E-state index contributed by atoms with van der Waals surface area (Å²) in [6.45, 7) is 18.7. The first-order valence-electron chi connectivity index (χ1n) is 23.4. The highest BCUT2D eigenvalue weighted by Crippen LogP contribution is 2.39. The minimum atomic E-state index is 0.360. The van der Waals surface area contributed by atoms with Gasteiger partial charge in [-0.25, -0.2) is 4.99 Å². The van der Waals surface area contributed by atoms with E-state index in [1.54, 1.807) is 0 Å². The highest BCUT2D eigenvalue weighted by Gasteiger charge is 2.40. The van der Waals surface area contributed by atoms with Crippen molar-refractivity contribution in [3.05, 3.63) is 58.7 Å². The molecule has 0 radical (unpaired) electrons. The van der Waals surface area contributed by atoms with E-state index in [-0.39, 0.29) is 0 Å². The van der Waals surface area contributed by atoms with Gasteiger partial charge >= 0.3 is 0 Å². The molecule has 304 valence electrons. The molecule has 0 aliphatic heterocycles. The zero-order valence-corrected chi connectivity index (χ0v) is 36.5. The first-order chi connectivity index (χ1) is 26.6. The van der Waals surface area contributed by atoms with Gasteiger partial charge < -0.3 is 15.1 Å². The third-order valence-electron chi connectivity index (χ3n) is 13.7. The predicted octanol–water partition coefficient (Wildman–Crippen LogP) is 14.6. The Bertz CT molecular complexity index is 1410. The van der Waals surface area contributed by atoms with Gasteiger partial charge in [0.25, 0.3) is 0 Å². The minimum absolute atomic E-state index is 0.360. The summed E-state index contributed by atoms with van der Waals surface area (Å²) in [4.78, 5) is 18.0. The first-order valence-corrected chi connectivity index (χ1v) is 23.4. The molecule has 0 bridgehead atoms. The van der Waals surface area contributed by atoms with E-state index in [2.05, 4.69) is 107 Å². The van der Waals surface area contributed by atoms with Crippen LogP contribution in [0, 0.1) is 0 Å². The van der Waals surface area contributed by atoms with E-state index in [0.717, 1.165) is 11.6 Å². The van der Waals surface area contributed by atoms with Crippen molar-refractivity contribution < 1.29 is 0 Å². The average molecular weight is 750 g/mol. The summed E-state index contributed by atoms with van der Waals surface area (Å²) in [6.07, 6.45) is 26.5. The minimum Gasteiger partial charge on any atom is -0.336 e. The van der Waals surface area contributed by atoms with Gasteiger partial charge in [-0.05, 0) is 97.3 Å². The lowest BCUT2D eigenvalue weighted by Gasteiger charge is -2.51.